The lowest BCUT2D eigenvalue weighted by Gasteiger charge is -2.65. The summed E-state index contributed by atoms with van der Waals surface area (Å²) in [5, 5.41) is 23.7. The number of methoxy groups -OCH3 is 1. The molecule has 2 bridgehead atoms. The van der Waals surface area contributed by atoms with Crippen molar-refractivity contribution in [1.82, 2.24) is 10.2 Å². The van der Waals surface area contributed by atoms with E-state index >= 15 is 0 Å². The largest absolute Gasteiger partial charge is 0.504 e. The van der Waals surface area contributed by atoms with E-state index in [9.17, 15) is 19.8 Å². The number of carboxylic acid groups (broad SMARTS) is 1. The van der Waals surface area contributed by atoms with Gasteiger partial charge < -0.3 is 30.3 Å². The Balaban J connectivity index is 1.59. The molecule has 2 fully saturated rings. The van der Waals surface area contributed by atoms with Gasteiger partial charge in [-0.2, -0.15) is 0 Å². The molecule has 1 aromatic carbocycles. The maximum Gasteiger partial charge on any atom is 0.320 e. The van der Waals surface area contributed by atoms with Crippen molar-refractivity contribution in [2.45, 2.75) is 73.8 Å². The van der Waals surface area contributed by atoms with Crippen molar-refractivity contribution in [3.05, 3.63) is 23.3 Å². The summed E-state index contributed by atoms with van der Waals surface area (Å²) in [6.07, 6.45) is 2.74. The number of hydrogen-bond donors (Lipinski definition) is 4. The summed E-state index contributed by atoms with van der Waals surface area (Å²) in [4.78, 5) is 25.5. The molecule has 0 radical (unpaired) electrons. The van der Waals surface area contributed by atoms with E-state index in [-0.39, 0.29) is 36.8 Å². The molecule has 2 aliphatic heterocycles. The third-order valence-corrected chi connectivity index (χ3v) is 8.45. The Hall–Kier alpha value is -2.36. The fraction of sp³-hybridized carbons (Fsp3) is 0.652. The van der Waals surface area contributed by atoms with Crippen LogP contribution in [0.4, 0.5) is 0 Å². The van der Waals surface area contributed by atoms with E-state index in [1.807, 2.05) is 6.07 Å². The van der Waals surface area contributed by atoms with Crippen molar-refractivity contribution in [2.75, 3.05) is 20.7 Å². The number of piperidine rings is 1. The summed E-state index contributed by atoms with van der Waals surface area (Å²) < 4.78 is 12.9. The number of carbonyl (C=O) groups is 2. The van der Waals surface area contributed by atoms with Crippen molar-refractivity contribution < 1.29 is 29.3 Å². The lowest BCUT2D eigenvalue weighted by atomic mass is 9.48. The van der Waals surface area contributed by atoms with Gasteiger partial charge in [-0.1, -0.05) is 6.07 Å². The molecule has 1 amide bonds. The van der Waals surface area contributed by atoms with Gasteiger partial charge in [-0.05, 0) is 57.3 Å². The van der Waals surface area contributed by atoms with Crippen LogP contribution in [0.1, 0.15) is 43.2 Å². The van der Waals surface area contributed by atoms with Gasteiger partial charge in [0.2, 0.25) is 5.91 Å². The van der Waals surface area contributed by atoms with Crippen molar-refractivity contribution >= 4 is 11.9 Å². The number of carboxylic acids is 1. The number of aliphatic carboxylic acids is 1. The molecule has 2 unspecified atom stereocenters. The van der Waals surface area contributed by atoms with Gasteiger partial charge in [0, 0.05) is 31.2 Å². The Morgan fingerprint density at radius 2 is 2.19 bits per heavy atom. The maximum absolute atomic E-state index is 11.9. The van der Waals surface area contributed by atoms with E-state index in [1.165, 1.54) is 0 Å². The number of ether oxygens (including phenoxy) is 2. The van der Waals surface area contributed by atoms with Gasteiger partial charge >= 0.3 is 5.97 Å². The van der Waals surface area contributed by atoms with Gasteiger partial charge in [0.25, 0.3) is 0 Å². The van der Waals surface area contributed by atoms with Crippen LogP contribution in [-0.2, 0) is 26.2 Å². The molecule has 32 heavy (non-hydrogen) atoms. The summed E-state index contributed by atoms with van der Waals surface area (Å²) in [6.45, 7) is 0.862. The second kappa shape index (κ2) is 7.33. The molecule has 9 heteroatoms. The zero-order valence-corrected chi connectivity index (χ0v) is 18.5. The Kier molecular flexibility index (Phi) is 4.92. The molecule has 174 valence electrons. The summed E-state index contributed by atoms with van der Waals surface area (Å²) in [5.41, 5.74) is 6.48. The number of rotatable bonds is 7. The molecule has 0 aromatic heterocycles. The Morgan fingerprint density at radius 3 is 2.88 bits per heavy atom. The molecule has 2 heterocycles. The predicted octanol–water partition coefficient (Wildman–Crippen LogP) is 0.507. The van der Waals surface area contributed by atoms with Crippen LogP contribution in [0, 0.1) is 0 Å². The Bertz CT molecular complexity index is 969. The van der Waals surface area contributed by atoms with Crippen LogP contribution in [0.3, 0.4) is 0 Å². The second-order valence-electron chi connectivity index (χ2n) is 9.71. The normalized spacial score (nSPS) is 35.6. The number of nitrogens with zero attached hydrogens (tertiary/aromatic N) is 1. The average Bonchev–Trinajstić information content (AvgIpc) is 3.11. The third-order valence-electron chi connectivity index (χ3n) is 8.45. The highest BCUT2D eigenvalue weighted by molar-refractivity contribution is 5.77. The quantitative estimate of drug-likeness (QED) is 0.477. The second-order valence-corrected chi connectivity index (χ2v) is 9.71. The highest BCUT2D eigenvalue weighted by Gasteiger charge is 2.73. The molecule has 1 saturated heterocycles. The molecule has 1 saturated carbocycles. The van der Waals surface area contributed by atoms with Gasteiger partial charge in [-0.25, -0.2) is 0 Å². The smallest absolute Gasteiger partial charge is 0.320 e. The summed E-state index contributed by atoms with van der Waals surface area (Å²) in [5.74, 6) is -0.925. The molecule has 5 rings (SSSR count). The van der Waals surface area contributed by atoms with Crippen molar-refractivity contribution in [3.63, 3.8) is 0 Å². The number of aromatic hydroxyl groups is 1. The first-order valence-corrected chi connectivity index (χ1v) is 11.3. The van der Waals surface area contributed by atoms with Crippen LogP contribution in [0.2, 0.25) is 0 Å². The topological polar surface area (TPSA) is 134 Å². The van der Waals surface area contributed by atoms with Gasteiger partial charge in [0.05, 0.1) is 11.0 Å². The average molecular weight is 446 g/mol. The van der Waals surface area contributed by atoms with Crippen molar-refractivity contribution in [1.29, 1.82) is 0 Å². The SMILES string of the molecule is CO[C@@]12CC[C@H](NC(CCC(N)=O)C(=O)O)[C@@H]3Oc4c(O)ccc5c4[C@@]31CCN(C)C2C5. The zero-order valence-electron chi connectivity index (χ0n) is 18.5. The first-order valence-electron chi connectivity index (χ1n) is 11.3. The highest BCUT2D eigenvalue weighted by Crippen LogP contribution is 2.66. The number of likely N-dealkylation sites (N-methyl/N-ethyl adjacent to an activating group) is 1. The van der Waals surface area contributed by atoms with Crippen molar-refractivity contribution in [2.24, 2.45) is 5.73 Å². The van der Waals surface area contributed by atoms with E-state index in [0.717, 1.165) is 36.9 Å². The van der Waals surface area contributed by atoms with Crippen LogP contribution in [0.15, 0.2) is 12.1 Å². The van der Waals surface area contributed by atoms with Crippen LogP contribution >= 0.6 is 0 Å². The first-order chi connectivity index (χ1) is 15.2. The summed E-state index contributed by atoms with van der Waals surface area (Å²) in [6, 6.07) is 2.66. The van der Waals surface area contributed by atoms with Crippen LogP contribution in [-0.4, -0.2) is 77.5 Å². The molecule has 5 N–H and O–H groups in total. The van der Waals surface area contributed by atoms with Gasteiger partial charge in [0.15, 0.2) is 11.5 Å². The van der Waals surface area contributed by atoms with E-state index in [2.05, 4.69) is 17.3 Å². The Morgan fingerprint density at radius 1 is 1.41 bits per heavy atom. The van der Waals surface area contributed by atoms with E-state index in [1.54, 1.807) is 13.2 Å². The number of phenolic OH excluding ortho intramolecular Hbond substituents is 1. The number of amides is 1. The number of nitrogens with one attached hydrogen (secondary N) is 1. The van der Waals surface area contributed by atoms with Crippen LogP contribution in [0.25, 0.3) is 0 Å². The third kappa shape index (κ3) is 2.67. The standard InChI is InChI=1S/C23H31N3O6/c1-26-10-9-22-18-12-3-5-15(27)19(18)32-20(22)13(7-8-23(22,31-2)16(26)11-12)25-14(21(29)30)4-6-17(24)28/h3,5,13-14,16,20,25,27H,4,6-11H2,1-2H3,(H2,24,28)(H,29,30)/t13-,14?,16?,20-,22-,23+/m0/s1. The van der Waals surface area contributed by atoms with Crippen LogP contribution < -0.4 is 15.8 Å². The number of benzene rings is 1. The lowest BCUT2D eigenvalue weighted by Crippen LogP contribution is -2.78. The van der Waals surface area contributed by atoms with E-state index in [0.29, 0.717) is 12.2 Å². The number of likely N-dealkylation sites (tertiary alicyclic amines) is 1. The zero-order chi connectivity index (χ0) is 22.8. The molecular formula is C23H31N3O6. The maximum atomic E-state index is 11.9. The minimum Gasteiger partial charge on any atom is -0.504 e. The molecule has 9 nitrogen and oxygen atoms in total. The number of carbonyl (C=O) groups excluding carboxylic acids is 1. The monoisotopic (exact) mass is 445 g/mol. The first kappa shape index (κ1) is 21.5. The summed E-state index contributed by atoms with van der Waals surface area (Å²) in [7, 11) is 3.89. The molecule has 6 atom stereocenters. The van der Waals surface area contributed by atoms with Gasteiger partial charge in [-0.15, -0.1) is 0 Å². The molecule has 4 aliphatic rings. The number of phenols is 1. The molecule has 1 aromatic rings. The summed E-state index contributed by atoms with van der Waals surface area (Å²) >= 11 is 0. The predicted molar refractivity (Wildman–Crippen MR) is 115 cm³/mol. The van der Waals surface area contributed by atoms with Crippen molar-refractivity contribution in [3.8, 4) is 11.5 Å². The Labute approximate surface area is 186 Å². The lowest BCUT2D eigenvalue weighted by molar-refractivity contribution is -0.204. The minimum absolute atomic E-state index is 0.00655. The number of nitrogens with two attached hydrogens (primary N) is 1. The molecule has 2 aliphatic carbocycles. The number of primary amides is 1. The van der Waals surface area contributed by atoms with Gasteiger partial charge in [0.1, 0.15) is 12.1 Å². The number of hydrogen-bond acceptors (Lipinski definition) is 7. The highest BCUT2D eigenvalue weighted by atomic mass is 16.5. The van der Waals surface area contributed by atoms with E-state index < -0.39 is 28.9 Å². The fourth-order valence-corrected chi connectivity index (χ4v) is 7.13. The van der Waals surface area contributed by atoms with E-state index in [4.69, 9.17) is 15.2 Å². The molecule has 1 spiro atoms. The molecular weight excluding hydrogens is 414 g/mol. The fourth-order valence-electron chi connectivity index (χ4n) is 7.13. The van der Waals surface area contributed by atoms with Gasteiger partial charge in [-0.3, -0.25) is 14.9 Å². The van der Waals surface area contributed by atoms with Crippen LogP contribution in [0.5, 0.6) is 11.5 Å². The minimum atomic E-state index is -1.02.